The first-order valence-corrected chi connectivity index (χ1v) is 8.72. The van der Waals surface area contributed by atoms with Gasteiger partial charge in [-0.25, -0.2) is 13.8 Å². The molecule has 2 N–H and O–H groups in total. The molecule has 0 radical (unpaired) electrons. The first-order valence-electron chi connectivity index (χ1n) is 8.72. The van der Waals surface area contributed by atoms with E-state index in [2.05, 4.69) is 4.99 Å². The number of carbonyl (C=O) groups is 1. The minimum absolute atomic E-state index is 0.0943. The fourth-order valence-corrected chi connectivity index (χ4v) is 3.55. The van der Waals surface area contributed by atoms with Crippen LogP contribution in [0.15, 0.2) is 53.5 Å². The van der Waals surface area contributed by atoms with Crippen molar-refractivity contribution in [2.24, 2.45) is 10.7 Å². The summed E-state index contributed by atoms with van der Waals surface area (Å²) in [5, 5.41) is 0. The van der Waals surface area contributed by atoms with Gasteiger partial charge in [0, 0.05) is 19.5 Å². The Balaban J connectivity index is 2.16. The highest BCUT2D eigenvalue weighted by molar-refractivity contribution is 6.02. The predicted molar refractivity (Wildman–Crippen MR) is 102 cm³/mol. The van der Waals surface area contributed by atoms with Crippen LogP contribution in [0.3, 0.4) is 0 Å². The summed E-state index contributed by atoms with van der Waals surface area (Å²) >= 11 is 0. The lowest BCUT2D eigenvalue weighted by Crippen LogP contribution is -2.52. The van der Waals surface area contributed by atoms with E-state index in [1.165, 1.54) is 17.0 Å². The van der Waals surface area contributed by atoms with E-state index in [0.29, 0.717) is 5.56 Å². The lowest BCUT2D eigenvalue weighted by atomic mass is 9.74. The Kier molecular flexibility index (Phi) is 4.54. The van der Waals surface area contributed by atoms with E-state index >= 15 is 0 Å². The third-order valence-electron chi connectivity index (χ3n) is 5.18. The van der Waals surface area contributed by atoms with Gasteiger partial charge in [0.25, 0.3) is 5.92 Å². The van der Waals surface area contributed by atoms with Gasteiger partial charge in [0.1, 0.15) is 5.54 Å². The minimum atomic E-state index is -2.94. The maximum Gasteiger partial charge on any atom is 0.270 e. The Labute approximate surface area is 157 Å². The second-order valence-corrected chi connectivity index (χ2v) is 7.33. The van der Waals surface area contributed by atoms with Crippen LogP contribution in [0, 0.1) is 6.92 Å². The van der Waals surface area contributed by atoms with Gasteiger partial charge >= 0.3 is 0 Å². The Morgan fingerprint density at radius 2 is 1.81 bits per heavy atom. The number of halogens is 2. The van der Waals surface area contributed by atoms with E-state index in [9.17, 15) is 13.6 Å². The highest BCUT2D eigenvalue weighted by Crippen LogP contribution is 2.44. The molecule has 3 rings (SSSR count). The number of amides is 1. The fourth-order valence-electron chi connectivity index (χ4n) is 3.55. The van der Waals surface area contributed by atoms with Crippen molar-refractivity contribution < 1.29 is 13.6 Å². The summed E-state index contributed by atoms with van der Waals surface area (Å²) < 4.78 is 27.1. The van der Waals surface area contributed by atoms with Crippen LogP contribution in [0.1, 0.15) is 42.0 Å². The molecule has 1 amide bonds. The Hall–Kier alpha value is -2.76. The number of guanidine groups is 1. The van der Waals surface area contributed by atoms with Gasteiger partial charge in [-0.2, -0.15) is 0 Å². The van der Waals surface area contributed by atoms with Crippen molar-refractivity contribution in [2.75, 3.05) is 7.05 Å². The molecule has 27 heavy (non-hydrogen) atoms. The van der Waals surface area contributed by atoms with Gasteiger partial charge in [-0.1, -0.05) is 54.1 Å². The maximum absolute atomic E-state index is 13.6. The standard InChI is InChI=1S/C21H23F2N3O/c1-13-6-5-7-16(12-13)20(2)17(18(27)26(4)19(24)25-20)14-8-10-15(11-9-14)21(3,22)23/h5-12,17H,1-4H3,(H2,24,25). The molecule has 0 bridgehead atoms. The zero-order chi connectivity index (χ0) is 20.0. The first kappa shape index (κ1) is 19.0. The van der Waals surface area contributed by atoms with Crippen LogP contribution in [0.4, 0.5) is 8.78 Å². The summed E-state index contributed by atoms with van der Waals surface area (Å²) in [5.74, 6) is -3.69. The number of aliphatic imine (C=N–C) groups is 1. The molecule has 142 valence electrons. The normalized spacial score (nSPS) is 23.3. The number of nitrogens with two attached hydrogens (primary N) is 1. The summed E-state index contributed by atoms with van der Waals surface area (Å²) in [5.41, 5.74) is 7.48. The number of alkyl halides is 2. The van der Waals surface area contributed by atoms with Crippen LogP contribution in [0.25, 0.3) is 0 Å². The van der Waals surface area contributed by atoms with E-state index in [1.807, 2.05) is 38.1 Å². The number of aryl methyl sites for hydroxylation is 1. The summed E-state index contributed by atoms with van der Waals surface area (Å²) in [6, 6.07) is 13.6. The molecule has 1 aliphatic heterocycles. The molecular formula is C21H23F2N3O. The fraction of sp³-hybridized carbons (Fsp3) is 0.333. The van der Waals surface area contributed by atoms with Crippen molar-refractivity contribution in [2.45, 2.75) is 38.2 Å². The van der Waals surface area contributed by atoms with Crippen molar-refractivity contribution in [1.29, 1.82) is 0 Å². The SMILES string of the molecule is Cc1cccc(C2(C)N=C(N)N(C)C(=O)C2c2ccc(C(C)(F)F)cc2)c1. The molecular weight excluding hydrogens is 348 g/mol. The van der Waals surface area contributed by atoms with Gasteiger partial charge in [-0.15, -0.1) is 0 Å². The van der Waals surface area contributed by atoms with Crippen LogP contribution in [0.2, 0.25) is 0 Å². The lowest BCUT2D eigenvalue weighted by Gasteiger charge is -2.41. The second kappa shape index (κ2) is 6.44. The van der Waals surface area contributed by atoms with Gasteiger partial charge in [-0.3, -0.25) is 9.69 Å². The maximum atomic E-state index is 13.6. The third kappa shape index (κ3) is 3.31. The van der Waals surface area contributed by atoms with E-state index < -0.39 is 17.4 Å². The number of hydrogen-bond donors (Lipinski definition) is 1. The monoisotopic (exact) mass is 371 g/mol. The third-order valence-corrected chi connectivity index (χ3v) is 5.18. The Bertz CT molecular complexity index is 902. The van der Waals surface area contributed by atoms with E-state index in [0.717, 1.165) is 18.1 Å². The number of hydrogen-bond acceptors (Lipinski definition) is 3. The summed E-state index contributed by atoms with van der Waals surface area (Å²) in [6.45, 7) is 4.67. The molecule has 2 unspecified atom stereocenters. The van der Waals surface area contributed by atoms with Crippen LogP contribution in [-0.4, -0.2) is 23.8 Å². The van der Waals surface area contributed by atoms with Crippen molar-refractivity contribution >= 4 is 11.9 Å². The molecule has 6 heteroatoms. The van der Waals surface area contributed by atoms with Crippen molar-refractivity contribution in [3.63, 3.8) is 0 Å². The minimum Gasteiger partial charge on any atom is -0.369 e. The van der Waals surface area contributed by atoms with Gasteiger partial charge in [0.2, 0.25) is 5.91 Å². The Morgan fingerprint density at radius 3 is 2.37 bits per heavy atom. The topological polar surface area (TPSA) is 58.7 Å². The molecule has 4 nitrogen and oxygen atoms in total. The molecule has 2 aromatic carbocycles. The zero-order valence-electron chi connectivity index (χ0n) is 15.8. The Morgan fingerprint density at radius 1 is 1.19 bits per heavy atom. The zero-order valence-corrected chi connectivity index (χ0v) is 15.8. The molecule has 0 aliphatic carbocycles. The van der Waals surface area contributed by atoms with E-state index in [-0.39, 0.29) is 17.4 Å². The van der Waals surface area contributed by atoms with Gasteiger partial charge in [0.05, 0.1) is 5.92 Å². The molecule has 2 atom stereocenters. The number of nitrogens with zero attached hydrogens (tertiary/aromatic N) is 2. The number of rotatable bonds is 3. The molecule has 1 heterocycles. The number of carbonyl (C=O) groups excluding carboxylic acids is 1. The highest BCUT2D eigenvalue weighted by Gasteiger charge is 2.47. The van der Waals surface area contributed by atoms with Crippen LogP contribution < -0.4 is 5.73 Å². The van der Waals surface area contributed by atoms with E-state index in [4.69, 9.17) is 5.73 Å². The molecule has 1 aliphatic rings. The molecule has 0 fully saturated rings. The quantitative estimate of drug-likeness (QED) is 0.890. The van der Waals surface area contributed by atoms with Crippen molar-refractivity contribution in [1.82, 2.24) is 4.90 Å². The second-order valence-electron chi connectivity index (χ2n) is 7.33. The van der Waals surface area contributed by atoms with Gasteiger partial charge in [-0.05, 0) is 25.0 Å². The summed E-state index contributed by atoms with van der Waals surface area (Å²) in [6.07, 6.45) is 0. The average molecular weight is 371 g/mol. The summed E-state index contributed by atoms with van der Waals surface area (Å²) in [7, 11) is 1.57. The van der Waals surface area contributed by atoms with Gasteiger partial charge in [0.15, 0.2) is 5.96 Å². The molecule has 0 saturated carbocycles. The van der Waals surface area contributed by atoms with Crippen LogP contribution >= 0.6 is 0 Å². The van der Waals surface area contributed by atoms with Crippen LogP contribution in [-0.2, 0) is 16.3 Å². The number of likely N-dealkylation sites (N-methyl/N-ethyl adjacent to an activating group) is 1. The molecule has 2 aromatic rings. The highest BCUT2D eigenvalue weighted by atomic mass is 19.3. The number of benzene rings is 2. The van der Waals surface area contributed by atoms with Crippen molar-refractivity contribution in [3.05, 3.63) is 70.8 Å². The largest absolute Gasteiger partial charge is 0.369 e. The van der Waals surface area contributed by atoms with Crippen LogP contribution in [0.5, 0.6) is 0 Å². The lowest BCUT2D eigenvalue weighted by molar-refractivity contribution is -0.130. The first-order chi connectivity index (χ1) is 12.5. The average Bonchev–Trinajstić information content (AvgIpc) is 2.59. The molecule has 0 spiro atoms. The van der Waals surface area contributed by atoms with Gasteiger partial charge < -0.3 is 5.73 Å². The van der Waals surface area contributed by atoms with E-state index in [1.54, 1.807) is 19.2 Å². The predicted octanol–water partition coefficient (Wildman–Crippen LogP) is 3.89. The van der Waals surface area contributed by atoms with Crippen molar-refractivity contribution in [3.8, 4) is 0 Å². The smallest absolute Gasteiger partial charge is 0.270 e. The molecule has 0 aromatic heterocycles. The summed E-state index contributed by atoms with van der Waals surface area (Å²) in [4.78, 5) is 19.1. The molecule has 0 saturated heterocycles.